The van der Waals surface area contributed by atoms with Crippen LogP contribution in [0.1, 0.15) is 40.0 Å². The molecular weight excluding hydrogens is 242 g/mol. The van der Waals surface area contributed by atoms with E-state index >= 15 is 0 Å². The van der Waals surface area contributed by atoms with Crippen LogP contribution in [0.4, 0.5) is 0 Å². The fraction of sp³-hybridized carbons (Fsp3) is 0.909. The van der Waals surface area contributed by atoms with Gasteiger partial charge in [0, 0.05) is 6.54 Å². The average Bonchev–Trinajstić information content (AvgIpc) is 2.64. The summed E-state index contributed by atoms with van der Waals surface area (Å²) in [7, 11) is -3.31. The first-order valence-corrected chi connectivity index (χ1v) is 7.69. The molecule has 6 heteroatoms. The molecule has 0 spiro atoms. The quantitative estimate of drug-likeness (QED) is 0.698. The summed E-state index contributed by atoms with van der Waals surface area (Å²) in [6.45, 7) is 5.77. The zero-order valence-electron chi connectivity index (χ0n) is 10.7. The normalized spacial score (nSPS) is 22.0. The van der Waals surface area contributed by atoms with Crippen LogP contribution in [-0.4, -0.2) is 43.1 Å². The van der Waals surface area contributed by atoms with Gasteiger partial charge in [0.1, 0.15) is 6.04 Å². The summed E-state index contributed by atoms with van der Waals surface area (Å²) in [5, 5.41) is 0. The number of rotatable bonds is 5. The van der Waals surface area contributed by atoms with E-state index in [-0.39, 0.29) is 11.9 Å². The molecule has 0 aromatic heterocycles. The smallest absolute Gasteiger partial charge is 0.324 e. The number of nitrogens with zero attached hydrogens (tertiary/aromatic N) is 1. The SMILES string of the molecule is CCCS(=O)(=O)N1CCCC1C(=O)OC(C)C. The van der Waals surface area contributed by atoms with Gasteiger partial charge in [0.25, 0.3) is 0 Å². The molecule has 5 nitrogen and oxygen atoms in total. The van der Waals surface area contributed by atoms with Gasteiger partial charge in [-0.3, -0.25) is 4.79 Å². The van der Waals surface area contributed by atoms with Gasteiger partial charge in [-0.2, -0.15) is 4.31 Å². The maximum atomic E-state index is 12.0. The highest BCUT2D eigenvalue weighted by Gasteiger charge is 2.39. The van der Waals surface area contributed by atoms with Gasteiger partial charge in [-0.05, 0) is 33.1 Å². The molecule has 1 aliphatic rings. The molecule has 0 bridgehead atoms. The van der Waals surface area contributed by atoms with Crippen LogP contribution in [0.15, 0.2) is 0 Å². The zero-order chi connectivity index (χ0) is 13.1. The summed E-state index contributed by atoms with van der Waals surface area (Å²) in [6, 6.07) is -0.617. The third-order valence-electron chi connectivity index (χ3n) is 2.65. The van der Waals surface area contributed by atoms with Crippen molar-refractivity contribution in [2.24, 2.45) is 0 Å². The molecule has 1 saturated heterocycles. The zero-order valence-corrected chi connectivity index (χ0v) is 11.5. The highest BCUT2D eigenvalue weighted by molar-refractivity contribution is 7.89. The Kier molecular flexibility index (Phi) is 4.94. The second-order valence-electron chi connectivity index (χ2n) is 4.57. The van der Waals surface area contributed by atoms with E-state index in [0.29, 0.717) is 19.4 Å². The fourth-order valence-corrected chi connectivity index (χ4v) is 3.73. The molecule has 1 heterocycles. The molecule has 0 N–H and O–H groups in total. The first-order chi connectivity index (χ1) is 7.88. The van der Waals surface area contributed by atoms with Crippen molar-refractivity contribution in [3.8, 4) is 0 Å². The van der Waals surface area contributed by atoms with Crippen LogP contribution < -0.4 is 0 Å². The van der Waals surface area contributed by atoms with Crippen molar-refractivity contribution >= 4 is 16.0 Å². The molecule has 0 radical (unpaired) electrons. The monoisotopic (exact) mass is 263 g/mol. The molecule has 1 unspecified atom stereocenters. The van der Waals surface area contributed by atoms with E-state index in [1.54, 1.807) is 13.8 Å². The predicted molar refractivity (Wildman–Crippen MR) is 65.0 cm³/mol. The van der Waals surface area contributed by atoms with Crippen LogP contribution in [0.3, 0.4) is 0 Å². The van der Waals surface area contributed by atoms with Crippen LogP contribution in [0.2, 0.25) is 0 Å². The van der Waals surface area contributed by atoms with Gasteiger partial charge in [0.05, 0.1) is 11.9 Å². The van der Waals surface area contributed by atoms with Gasteiger partial charge in [-0.25, -0.2) is 8.42 Å². The Balaban J connectivity index is 2.76. The van der Waals surface area contributed by atoms with Gasteiger partial charge < -0.3 is 4.74 Å². The highest BCUT2D eigenvalue weighted by atomic mass is 32.2. The largest absolute Gasteiger partial charge is 0.462 e. The number of hydrogen-bond donors (Lipinski definition) is 0. The number of sulfonamides is 1. The molecule has 1 fully saturated rings. The molecule has 0 saturated carbocycles. The van der Waals surface area contributed by atoms with E-state index in [4.69, 9.17) is 4.74 Å². The van der Waals surface area contributed by atoms with E-state index in [1.807, 2.05) is 6.92 Å². The van der Waals surface area contributed by atoms with E-state index < -0.39 is 22.0 Å². The van der Waals surface area contributed by atoms with Crippen molar-refractivity contribution in [2.75, 3.05) is 12.3 Å². The number of carbonyl (C=O) groups is 1. The van der Waals surface area contributed by atoms with Crippen LogP contribution in [0.25, 0.3) is 0 Å². The number of ether oxygens (including phenoxy) is 1. The number of hydrogen-bond acceptors (Lipinski definition) is 4. The Morgan fingerprint density at radius 3 is 2.65 bits per heavy atom. The lowest BCUT2D eigenvalue weighted by atomic mass is 10.2. The first-order valence-electron chi connectivity index (χ1n) is 6.08. The standard InChI is InChI=1S/C11H21NO4S/c1-4-8-17(14,15)12-7-5-6-10(12)11(13)16-9(2)3/h9-10H,4-8H2,1-3H3. The molecule has 0 aromatic carbocycles. The van der Waals surface area contributed by atoms with E-state index in [0.717, 1.165) is 6.42 Å². The molecule has 0 amide bonds. The fourth-order valence-electron chi connectivity index (χ4n) is 1.99. The Morgan fingerprint density at radius 1 is 1.47 bits per heavy atom. The topological polar surface area (TPSA) is 63.7 Å². The van der Waals surface area contributed by atoms with Crippen molar-refractivity contribution < 1.29 is 17.9 Å². The van der Waals surface area contributed by atoms with Crippen LogP contribution in [0, 0.1) is 0 Å². The molecular formula is C11H21NO4S. The van der Waals surface area contributed by atoms with E-state index in [2.05, 4.69) is 0 Å². The first kappa shape index (κ1) is 14.4. The maximum absolute atomic E-state index is 12.0. The van der Waals surface area contributed by atoms with Crippen molar-refractivity contribution in [1.29, 1.82) is 0 Å². The lowest BCUT2D eigenvalue weighted by molar-refractivity contribution is -0.151. The number of carbonyl (C=O) groups excluding carboxylic acids is 1. The Hall–Kier alpha value is -0.620. The minimum absolute atomic E-state index is 0.0957. The second kappa shape index (κ2) is 5.82. The summed E-state index contributed by atoms with van der Waals surface area (Å²) in [5.41, 5.74) is 0. The van der Waals surface area contributed by atoms with Crippen LogP contribution in [-0.2, 0) is 19.6 Å². The summed E-state index contributed by atoms with van der Waals surface area (Å²) >= 11 is 0. The summed E-state index contributed by atoms with van der Waals surface area (Å²) in [5.74, 6) is -0.324. The number of esters is 1. The summed E-state index contributed by atoms with van der Waals surface area (Å²) < 4.78 is 30.3. The third kappa shape index (κ3) is 3.67. The Labute approximate surface area is 103 Å². The molecule has 1 aliphatic heterocycles. The molecule has 1 rings (SSSR count). The Morgan fingerprint density at radius 2 is 2.12 bits per heavy atom. The predicted octanol–water partition coefficient (Wildman–Crippen LogP) is 1.14. The van der Waals surface area contributed by atoms with Gasteiger partial charge >= 0.3 is 5.97 Å². The van der Waals surface area contributed by atoms with E-state index in [1.165, 1.54) is 4.31 Å². The van der Waals surface area contributed by atoms with Crippen molar-refractivity contribution in [2.45, 2.75) is 52.2 Å². The van der Waals surface area contributed by atoms with E-state index in [9.17, 15) is 13.2 Å². The minimum atomic E-state index is -3.31. The maximum Gasteiger partial charge on any atom is 0.324 e. The van der Waals surface area contributed by atoms with Crippen molar-refractivity contribution in [1.82, 2.24) is 4.31 Å². The summed E-state index contributed by atoms with van der Waals surface area (Å²) in [6.07, 6.45) is 1.64. The minimum Gasteiger partial charge on any atom is -0.462 e. The van der Waals surface area contributed by atoms with Crippen molar-refractivity contribution in [3.63, 3.8) is 0 Å². The molecule has 0 aliphatic carbocycles. The highest BCUT2D eigenvalue weighted by Crippen LogP contribution is 2.23. The van der Waals surface area contributed by atoms with Gasteiger partial charge in [0.15, 0.2) is 0 Å². The lowest BCUT2D eigenvalue weighted by Crippen LogP contribution is -2.42. The average molecular weight is 263 g/mol. The summed E-state index contributed by atoms with van der Waals surface area (Å²) in [4.78, 5) is 11.8. The molecule has 17 heavy (non-hydrogen) atoms. The van der Waals surface area contributed by atoms with Gasteiger partial charge in [-0.1, -0.05) is 6.92 Å². The van der Waals surface area contributed by atoms with Gasteiger partial charge in [-0.15, -0.1) is 0 Å². The second-order valence-corrected chi connectivity index (χ2v) is 6.61. The van der Waals surface area contributed by atoms with Gasteiger partial charge in [0.2, 0.25) is 10.0 Å². The molecule has 0 aromatic rings. The lowest BCUT2D eigenvalue weighted by Gasteiger charge is -2.23. The molecule has 1 atom stereocenters. The third-order valence-corrected chi connectivity index (χ3v) is 4.72. The van der Waals surface area contributed by atoms with Crippen LogP contribution in [0.5, 0.6) is 0 Å². The van der Waals surface area contributed by atoms with Crippen molar-refractivity contribution in [3.05, 3.63) is 0 Å². The van der Waals surface area contributed by atoms with Crippen LogP contribution >= 0.6 is 0 Å². The molecule has 100 valence electrons. The Bertz CT molecular complexity index is 364.